The lowest BCUT2D eigenvalue weighted by atomic mass is 10.0. The van der Waals surface area contributed by atoms with Crippen molar-refractivity contribution in [3.63, 3.8) is 0 Å². The molecule has 1 atom stereocenters. The Morgan fingerprint density at radius 2 is 1.81 bits per heavy atom. The summed E-state index contributed by atoms with van der Waals surface area (Å²) in [5, 5.41) is 31.4. The molecule has 1 fully saturated rings. The van der Waals surface area contributed by atoms with Crippen LogP contribution in [0.15, 0.2) is 12.1 Å². The average molecular weight is 290 g/mol. The van der Waals surface area contributed by atoms with Crippen LogP contribution in [0.1, 0.15) is 31.7 Å². The number of hydrogen-bond acceptors (Lipinski definition) is 6. The standard InChI is InChI=1S/C13H14N4O4/c1-9-4-2-3-5-15(9)13-11(16(18)19)6-10(8-14)7-12(13)17(20)21/h6-7,9H,2-5H2,1H3/t9-/m1/s1. The topological polar surface area (TPSA) is 113 Å². The number of nitriles is 1. The van der Waals surface area contributed by atoms with E-state index in [1.807, 2.05) is 6.92 Å². The van der Waals surface area contributed by atoms with Crippen molar-refractivity contribution in [3.05, 3.63) is 37.9 Å². The molecule has 110 valence electrons. The summed E-state index contributed by atoms with van der Waals surface area (Å²) in [4.78, 5) is 22.9. The molecule has 1 saturated heterocycles. The molecule has 0 aliphatic carbocycles. The van der Waals surface area contributed by atoms with Crippen LogP contribution in [0.4, 0.5) is 17.1 Å². The molecule has 0 bridgehead atoms. The second-order valence-electron chi connectivity index (χ2n) is 5.03. The van der Waals surface area contributed by atoms with E-state index in [0.29, 0.717) is 6.54 Å². The fourth-order valence-corrected chi connectivity index (χ4v) is 2.67. The average Bonchev–Trinajstić information content (AvgIpc) is 2.46. The molecule has 0 aromatic heterocycles. The van der Waals surface area contributed by atoms with Gasteiger partial charge in [-0.05, 0) is 26.2 Å². The maximum atomic E-state index is 11.3. The van der Waals surface area contributed by atoms with Crippen molar-refractivity contribution in [1.82, 2.24) is 0 Å². The van der Waals surface area contributed by atoms with Gasteiger partial charge in [-0.1, -0.05) is 0 Å². The van der Waals surface area contributed by atoms with Gasteiger partial charge in [-0.25, -0.2) is 0 Å². The van der Waals surface area contributed by atoms with E-state index in [2.05, 4.69) is 0 Å². The van der Waals surface area contributed by atoms with Gasteiger partial charge >= 0.3 is 11.4 Å². The first-order valence-corrected chi connectivity index (χ1v) is 6.59. The quantitative estimate of drug-likeness (QED) is 0.624. The Morgan fingerprint density at radius 1 is 1.24 bits per heavy atom. The van der Waals surface area contributed by atoms with Crippen LogP contribution >= 0.6 is 0 Å². The van der Waals surface area contributed by atoms with Gasteiger partial charge in [-0.15, -0.1) is 0 Å². The molecule has 1 aliphatic rings. The lowest BCUT2D eigenvalue weighted by Crippen LogP contribution is -2.38. The highest BCUT2D eigenvalue weighted by atomic mass is 16.6. The van der Waals surface area contributed by atoms with Gasteiger partial charge in [0.2, 0.25) is 0 Å². The van der Waals surface area contributed by atoms with Crippen molar-refractivity contribution in [3.8, 4) is 6.07 Å². The molecule has 1 aromatic carbocycles. The number of anilines is 1. The minimum Gasteiger partial charge on any atom is -0.358 e. The van der Waals surface area contributed by atoms with Gasteiger partial charge in [0.05, 0.1) is 21.5 Å². The van der Waals surface area contributed by atoms with Crippen molar-refractivity contribution in [2.45, 2.75) is 32.2 Å². The first kappa shape index (κ1) is 14.7. The second kappa shape index (κ2) is 5.75. The highest BCUT2D eigenvalue weighted by Crippen LogP contribution is 2.41. The second-order valence-corrected chi connectivity index (χ2v) is 5.03. The maximum absolute atomic E-state index is 11.3. The molecule has 2 rings (SSSR count). The number of nitro benzene ring substituents is 2. The van der Waals surface area contributed by atoms with Gasteiger partial charge in [0.15, 0.2) is 5.69 Å². The monoisotopic (exact) mass is 290 g/mol. The number of hydrogen-bond donors (Lipinski definition) is 0. The number of rotatable bonds is 3. The van der Waals surface area contributed by atoms with Crippen LogP contribution in [0.5, 0.6) is 0 Å². The van der Waals surface area contributed by atoms with Gasteiger partial charge in [0.1, 0.15) is 0 Å². The predicted octanol–water partition coefficient (Wildman–Crippen LogP) is 2.75. The number of piperidine rings is 1. The SMILES string of the molecule is C[C@@H]1CCCCN1c1c([N+](=O)[O-])cc(C#N)cc1[N+](=O)[O-]. The van der Waals surface area contributed by atoms with E-state index >= 15 is 0 Å². The largest absolute Gasteiger partial charge is 0.358 e. The lowest BCUT2D eigenvalue weighted by Gasteiger charge is -2.34. The fourth-order valence-electron chi connectivity index (χ4n) is 2.67. The van der Waals surface area contributed by atoms with Crippen LogP contribution in [0.2, 0.25) is 0 Å². The molecule has 0 spiro atoms. The smallest absolute Gasteiger partial charge is 0.301 e. The summed E-state index contributed by atoms with van der Waals surface area (Å²) in [7, 11) is 0. The molecule has 8 heteroatoms. The minimum absolute atomic E-state index is 0.0101. The van der Waals surface area contributed by atoms with Gasteiger partial charge in [0.25, 0.3) is 0 Å². The fraction of sp³-hybridized carbons (Fsp3) is 0.462. The van der Waals surface area contributed by atoms with E-state index in [0.717, 1.165) is 31.4 Å². The van der Waals surface area contributed by atoms with Gasteiger partial charge in [-0.2, -0.15) is 5.26 Å². The highest BCUT2D eigenvalue weighted by molar-refractivity contribution is 5.77. The molecule has 0 radical (unpaired) electrons. The summed E-state index contributed by atoms with van der Waals surface area (Å²) in [6, 6.07) is 3.92. The van der Waals surface area contributed by atoms with Crippen molar-refractivity contribution < 1.29 is 9.85 Å². The van der Waals surface area contributed by atoms with E-state index < -0.39 is 9.85 Å². The molecule has 1 aliphatic heterocycles. The number of benzene rings is 1. The zero-order chi connectivity index (χ0) is 15.6. The zero-order valence-electron chi connectivity index (χ0n) is 11.5. The van der Waals surface area contributed by atoms with E-state index in [4.69, 9.17) is 5.26 Å². The molecule has 1 aromatic rings. The molecule has 0 saturated carbocycles. The van der Waals surface area contributed by atoms with Crippen LogP contribution in [-0.2, 0) is 0 Å². The molecule has 0 N–H and O–H groups in total. The Labute approximate surface area is 120 Å². The molecule has 0 unspecified atom stereocenters. The number of nitro groups is 2. The van der Waals surface area contributed by atoms with E-state index in [9.17, 15) is 20.2 Å². The normalized spacial score (nSPS) is 18.1. The first-order valence-electron chi connectivity index (χ1n) is 6.59. The predicted molar refractivity (Wildman–Crippen MR) is 75.1 cm³/mol. The van der Waals surface area contributed by atoms with Gasteiger partial charge < -0.3 is 4.90 Å². The summed E-state index contributed by atoms with van der Waals surface area (Å²) < 4.78 is 0. The zero-order valence-corrected chi connectivity index (χ0v) is 11.5. The van der Waals surface area contributed by atoms with Crippen LogP contribution in [-0.4, -0.2) is 22.4 Å². The van der Waals surface area contributed by atoms with Crippen molar-refractivity contribution in [1.29, 1.82) is 5.26 Å². The highest BCUT2D eigenvalue weighted by Gasteiger charge is 2.34. The van der Waals surface area contributed by atoms with Gasteiger partial charge in [0, 0.05) is 24.7 Å². The van der Waals surface area contributed by atoms with Crippen molar-refractivity contribution in [2.24, 2.45) is 0 Å². The molecule has 8 nitrogen and oxygen atoms in total. The minimum atomic E-state index is -0.662. The summed E-state index contributed by atoms with van der Waals surface area (Å²) in [6.07, 6.45) is 2.66. The third kappa shape index (κ3) is 2.76. The van der Waals surface area contributed by atoms with Crippen LogP contribution in [0.25, 0.3) is 0 Å². The van der Waals surface area contributed by atoms with E-state index in [-0.39, 0.29) is 28.7 Å². The molecular weight excluding hydrogens is 276 g/mol. The number of nitrogens with zero attached hydrogens (tertiary/aromatic N) is 4. The summed E-state index contributed by atoms with van der Waals surface area (Å²) in [5.74, 6) is 0. The Balaban J connectivity index is 2.68. The Kier molecular flexibility index (Phi) is 4.03. The van der Waals surface area contributed by atoms with Gasteiger partial charge in [-0.3, -0.25) is 20.2 Å². The summed E-state index contributed by atoms with van der Waals surface area (Å²) in [6.45, 7) is 2.43. The Hall–Kier alpha value is -2.69. The van der Waals surface area contributed by atoms with Crippen LogP contribution in [0.3, 0.4) is 0 Å². The third-order valence-electron chi connectivity index (χ3n) is 3.68. The lowest BCUT2D eigenvalue weighted by molar-refractivity contribution is -0.392. The first-order chi connectivity index (χ1) is 9.95. The Bertz CT molecular complexity index is 603. The molecule has 21 heavy (non-hydrogen) atoms. The van der Waals surface area contributed by atoms with Crippen LogP contribution in [0, 0.1) is 31.6 Å². The van der Waals surface area contributed by atoms with E-state index in [1.54, 1.807) is 11.0 Å². The summed E-state index contributed by atoms with van der Waals surface area (Å²) in [5.41, 5.74) is -0.831. The van der Waals surface area contributed by atoms with Crippen molar-refractivity contribution >= 4 is 17.1 Å². The van der Waals surface area contributed by atoms with E-state index in [1.165, 1.54) is 0 Å². The Morgan fingerprint density at radius 3 is 2.24 bits per heavy atom. The molecular formula is C13H14N4O4. The maximum Gasteiger partial charge on any atom is 0.301 e. The van der Waals surface area contributed by atoms with Crippen molar-refractivity contribution in [2.75, 3.05) is 11.4 Å². The molecule has 1 heterocycles. The third-order valence-corrected chi connectivity index (χ3v) is 3.68. The van der Waals surface area contributed by atoms with Crippen LogP contribution < -0.4 is 4.90 Å². The summed E-state index contributed by atoms with van der Waals surface area (Å²) >= 11 is 0. The molecule has 0 amide bonds.